The molecule has 0 radical (unpaired) electrons. The molecule has 0 bridgehead atoms. The Morgan fingerprint density at radius 3 is 3.00 bits per heavy atom. The van der Waals surface area contributed by atoms with E-state index in [0.717, 1.165) is 18.6 Å². The fourth-order valence-corrected chi connectivity index (χ4v) is 1.25. The molecule has 0 unspecified atom stereocenters. The Kier molecular flexibility index (Phi) is 9.58. The number of nitrogens with one attached hydrogen (secondary N) is 1. The summed E-state index contributed by atoms with van der Waals surface area (Å²) in [6.45, 7) is 1.19. The molecule has 6 heteroatoms. The number of azide groups is 1. The van der Waals surface area contributed by atoms with Gasteiger partial charge in [-0.1, -0.05) is 5.11 Å². The highest BCUT2D eigenvalue weighted by Gasteiger charge is 1.98. The topological polar surface area (TPSA) is 77.9 Å². The van der Waals surface area contributed by atoms with Gasteiger partial charge in [-0.3, -0.25) is 4.79 Å². The number of nitrogens with zero attached hydrogens (tertiary/aromatic N) is 3. The Hall–Kier alpha value is -0.870. The highest BCUT2D eigenvalue weighted by atomic mass is 32.2. The molecule has 0 rings (SSSR count). The fraction of sp³-hybridized carbons (Fsp3) is 0.875. The number of carbonyl (C=O) groups is 1. The van der Waals surface area contributed by atoms with Crippen LogP contribution in [0.4, 0.5) is 0 Å². The maximum absolute atomic E-state index is 11.1. The van der Waals surface area contributed by atoms with Gasteiger partial charge in [0.2, 0.25) is 5.91 Å². The van der Waals surface area contributed by atoms with Crippen molar-refractivity contribution in [1.82, 2.24) is 5.32 Å². The van der Waals surface area contributed by atoms with Crippen molar-refractivity contribution in [2.24, 2.45) is 5.11 Å². The first-order chi connectivity index (χ1) is 6.81. The van der Waals surface area contributed by atoms with Crippen molar-refractivity contribution in [3.8, 4) is 0 Å². The van der Waals surface area contributed by atoms with Crippen molar-refractivity contribution in [3.05, 3.63) is 10.4 Å². The van der Waals surface area contributed by atoms with Gasteiger partial charge in [0, 0.05) is 30.2 Å². The van der Waals surface area contributed by atoms with Crippen molar-refractivity contribution in [3.63, 3.8) is 0 Å². The Morgan fingerprint density at radius 1 is 1.57 bits per heavy atom. The van der Waals surface area contributed by atoms with E-state index in [-0.39, 0.29) is 5.91 Å². The lowest BCUT2D eigenvalue weighted by Crippen LogP contribution is -2.24. The predicted molar refractivity (Wildman–Crippen MR) is 59.3 cm³/mol. The standard InChI is InChI=1S/C8H16N4OS/c1-14-7-4-8(13)10-5-2-3-6-11-12-9/h2-7H2,1H3,(H,10,13). The van der Waals surface area contributed by atoms with Crippen LogP contribution < -0.4 is 5.32 Å². The van der Waals surface area contributed by atoms with Gasteiger partial charge in [-0.15, -0.1) is 0 Å². The number of rotatable bonds is 8. The van der Waals surface area contributed by atoms with Gasteiger partial charge in [0.05, 0.1) is 0 Å². The second kappa shape index (κ2) is 10.2. The lowest BCUT2D eigenvalue weighted by molar-refractivity contribution is -0.120. The highest BCUT2D eigenvalue weighted by Crippen LogP contribution is 1.95. The minimum absolute atomic E-state index is 0.100. The molecule has 0 atom stereocenters. The van der Waals surface area contributed by atoms with Crippen LogP contribution in [0.5, 0.6) is 0 Å². The van der Waals surface area contributed by atoms with Crippen molar-refractivity contribution >= 4 is 17.7 Å². The third kappa shape index (κ3) is 9.22. The lowest BCUT2D eigenvalue weighted by atomic mass is 10.3. The number of hydrogen-bond donors (Lipinski definition) is 1. The van der Waals surface area contributed by atoms with E-state index in [9.17, 15) is 4.79 Å². The van der Waals surface area contributed by atoms with Crippen LogP contribution in [0.25, 0.3) is 10.4 Å². The molecule has 0 fully saturated rings. The van der Waals surface area contributed by atoms with Gasteiger partial charge in [-0.05, 0) is 24.6 Å². The molecule has 1 N–H and O–H groups in total. The van der Waals surface area contributed by atoms with Crippen LogP contribution in [0.15, 0.2) is 5.11 Å². The molecule has 1 amide bonds. The summed E-state index contributed by atoms with van der Waals surface area (Å²) >= 11 is 1.66. The molecule has 0 spiro atoms. The summed E-state index contributed by atoms with van der Waals surface area (Å²) in [5.41, 5.74) is 7.99. The third-order valence-corrected chi connectivity index (χ3v) is 2.22. The average molecular weight is 216 g/mol. The Balaban J connectivity index is 3.18. The zero-order valence-corrected chi connectivity index (χ0v) is 9.22. The number of carbonyl (C=O) groups excluding carboxylic acids is 1. The van der Waals surface area contributed by atoms with Crippen molar-refractivity contribution in [1.29, 1.82) is 0 Å². The molecule has 14 heavy (non-hydrogen) atoms. The normalized spacial score (nSPS) is 9.21. The molecule has 0 saturated heterocycles. The monoisotopic (exact) mass is 216 g/mol. The average Bonchev–Trinajstić information content (AvgIpc) is 2.20. The van der Waals surface area contributed by atoms with E-state index in [1.54, 1.807) is 11.8 Å². The van der Waals surface area contributed by atoms with Gasteiger partial charge in [-0.25, -0.2) is 0 Å². The van der Waals surface area contributed by atoms with E-state index in [1.807, 2.05) is 6.26 Å². The van der Waals surface area contributed by atoms with Gasteiger partial charge < -0.3 is 5.32 Å². The molecule has 0 aromatic rings. The Bertz CT molecular complexity index is 204. The van der Waals surface area contributed by atoms with E-state index < -0.39 is 0 Å². The van der Waals surface area contributed by atoms with Crippen LogP contribution >= 0.6 is 11.8 Å². The Labute approximate surface area is 88.3 Å². The molecule has 0 aromatic carbocycles. The van der Waals surface area contributed by atoms with Gasteiger partial charge in [0.15, 0.2) is 0 Å². The van der Waals surface area contributed by atoms with Crippen molar-refractivity contribution in [2.75, 3.05) is 25.1 Å². The summed E-state index contributed by atoms with van der Waals surface area (Å²) in [6.07, 6.45) is 4.25. The quantitative estimate of drug-likeness (QED) is 0.291. The third-order valence-electron chi connectivity index (χ3n) is 1.60. The summed E-state index contributed by atoms with van der Waals surface area (Å²) in [6, 6.07) is 0. The minimum atomic E-state index is 0.100. The van der Waals surface area contributed by atoms with Crippen LogP contribution in [-0.2, 0) is 4.79 Å². The summed E-state index contributed by atoms with van der Waals surface area (Å²) in [5.74, 6) is 0.966. The first kappa shape index (κ1) is 13.1. The number of unbranched alkanes of at least 4 members (excludes halogenated alkanes) is 1. The second-order valence-corrected chi connectivity index (χ2v) is 3.74. The van der Waals surface area contributed by atoms with E-state index in [1.165, 1.54) is 0 Å². The first-order valence-electron chi connectivity index (χ1n) is 4.57. The summed E-state index contributed by atoms with van der Waals surface area (Å²) in [7, 11) is 0. The molecule has 80 valence electrons. The lowest BCUT2D eigenvalue weighted by Gasteiger charge is -2.02. The SMILES string of the molecule is CSCCC(=O)NCCCCN=[N+]=[N-]. The van der Waals surface area contributed by atoms with E-state index in [0.29, 0.717) is 19.5 Å². The van der Waals surface area contributed by atoms with Crippen LogP contribution in [0, 0.1) is 0 Å². The van der Waals surface area contributed by atoms with Crippen LogP contribution in [0.2, 0.25) is 0 Å². The van der Waals surface area contributed by atoms with E-state index >= 15 is 0 Å². The van der Waals surface area contributed by atoms with Crippen molar-refractivity contribution < 1.29 is 4.79 Å². The molecule has 5 nitrogen and oxygen atoms in total. The molecule has 0 heterocycles. The number of thioether (sulfide) groups is 1. The van der Waals surface area contributed by atoms with Gasteiger partial charge in [0.1, 0.15) is 0 Å². The molecule has 0 saturated carbocycles. The van der Waals surface area contributed by atoms with Crippen LogP contribution in [-0.4, -0.2) is 31.0 Å². The zero-order valence-electron chi connectivity index (χ0n) is 8.40. The van der Waals surface area contributed by atoms with Gasteiger partial charge >= 0.3 is 0 Å². The second-order valence-electron chi connectivity index (χ2n) is 2.75. The van der Waals surface area contributed by atoms with E-state index in [4.69, 9.17) is 5.53 Å². The minimum Gasteiger partial charge on any atom is -0.356 e. The maximum atomic E-state index is 11.1. The largest absolute Gasteiger partial charge is 0.356 e. The zero-order chi connectivity index (χ0) is 10.6. The molecule has 0 aromatic heterocycles. The molecule has 0 aliphatic rings. The molecule has 0 aliphatic heterocycles. The van der Waals surface area contributed by atoms with E-state index in [2.05, 4.69) is 15.3 Å². The number of amides is 1. The smallest absolute Gasteiger partial charge is 0.220 e. The molecular formula is C8H16N4OS. The predicted octanol–water partition coefficient (Wildman–Crippen LogP) is 1.95. The van der Waals surface area contributed by atoms with Crippen LogP contribution in [0.1, 0.15) is 19.3 Å². The summed E-state index contributed by atoms with van der Waals surface area (Å²) in [5, 5.41) is 6.21. The number of hydrogen-bond acceptors (Lipinski definition) is 3. The summed E-state index contributed by atoms with van der Waals surface area (Å²) in [4.78, 5) is 13.7. The van der Waals surface area contributed by atoms with Crippen LogP contribution in [0.3, 0.4) is 0 Å². The van der Waals surface area contributed by atoms with Gasteiger partial charge in [0.25, 0.3) is 0 Å². The van der Waals surface area contributed by atoms with Gasteiger partial charge in [-0.2, -0.15) is 11.8 Å². The first-order valence-corrected chi connectivity index (χ1v) is 5.97. The molecule has 0 aliphatic carbocycles. The fourth-order valence-electron chi connectivity index (χ4n) is 0.863. The highest BCUT2D eigenvalue weighted by molar-refractivity contribution is 7.98. The molecular weight excluding hydrogens is 200 g/mol. The Morgan fingerprint density at radius 2 is 2.36 bits per heavy atom. The summed E-state index contributed by atoms with van der Waals surface area (Å²) < 4.78 is 0. The van der Waals surface area contributed by atoms with Crippen molar-refractivity contribution in [2.45, 2.75) is 19.3 Å². The maximum Gasteiger partial charge on any atom is 0.220 e.